The van der Waals surface area contributed by atoms with Crippen LogP contribution in [0.3, 0.4) is 0 Å². The molecule has 0 radical (unpaired) electrons. The van der Waals surface area contributed by atoms with Crippen LogP contribution in [0.1, 0.15) is 52.3 Å². The van der Waals surface area contributed by atoms with Crippen molar-refractivity contribution in [3.05, 3.63) is 61.5 Å². The quantitative estimate of drug-likeness (QED) is 0.618. The number of fused-ring (bicyclic) bond motifs is 3. The molecule has 5 nitrogen and oxygen atoms in total. The number of hydrogen-bond donors (Lipinski definition) is 2. The molecule has 1 unspecified atom stereocenters. The van der Waals surface area contributed by atoms with Crippen LogP contribution in [-0.4, -0.2) is 21.6 Å². The smallest absolute Gasteiger partial charge is 0.259 e. The first kappa shape index (κ1) is 20.2. The molecule has 0 saturated heterocycles. The molecule has 2 N–H and O–H groups in total. The lowest BCUT2D eigenvalue weighted by Gasteiger charge is -2.17. The van der Waals surface area contributed by atoms with Crippen molar-refractivity contribution in [2.75, 3.05) is 5.75 Å². The third kappa shape index (κ3) is 4.26. The summed E-state index contributed by atoms with van der Waals surface area (Å²) in [4.78, 5) is 34.6. The molecule has 4 rings (SSSR count). The molecule has 2 heterocycles. The summed E-state index contributed by atoms with van der Waals surface area (Å²) in [5, 5.41) is 3.84. The summed E-state index contributed by atoms with van der Waals surface area (Å²) in [6.45, 7) is 6.12. The second-order valence-electron chi connectivity index (χ2n) is 7.69. The van der Waals surface area contributed by atoms with Gasteiger partial charge in [-0.2, -0.15) is 0 Å². The molecule has 0 fully saturated rings. The minimum Gasteiger partial charge on any atom is -0.349 e. The van der Waals surface area contributed by atoms with Crippen LogP contribution in [0.25, 0.3) is 10.2 Å². The first-order chi connectivity index (χ1) is 13.9. The van der Waals surface area contributed by atoms with Crippen molar-refractivity contribution >= 4 is 39.2 Å². The molecule has 1 amide bonds. The van der Waals surface area contributed by atoms with E-state index in [1.165, 1.54) is 33.3 Å². The van der Waals surface area contributed by atoms with Gasteiger partial charge < -0.3 is 10.3 Å². The number of thioether (sulfide) groups is 1. The van der Waals surface area contributed by atoms with Gasteiger partial charge in [-0.25, -0.2) is 4.98 Å². The van der Waals surface area contributed by atoms with Gasteiger partial charge in [0.1, 0.15) is 10.7 Å². The monoisotopic (exact) mass is 427 g/mol. The molecule has 3 aromatic rings. The molecule has 1 aromatic carbocycles. The van der Waals surface area contributed by atoms with Crippen LogP contribution in [0.5, 0.6) is 0 Å². The van der Waals surface area contributed by atoms with Gasteiger partial charge in [-0.3, -0.25) is 9.59 Å². The third-order valence-electron chi connectivity index (χ3n) is 5.37. The maximum Gasteiger partial charge on any atom is 0.259 e. The summed E-state index contributed by atoms with van der Waals surface area (Å²) >= 11 is 3.11. The Morgan fingerprint density at radius 3 is 3.00 bits per heavy atom. The van der Waals surface area contributed by atoms with E-state index >= 15 is 0 Å². The van der Waals surface area contributed by atoms with E-state index in [0.29, 0.717) is 17.3 Å². The number of hydrogen-bond acceptors (Lipinski definition) is 5. The maximum atomic E-state index is 12.5. The van der Waals surface area contributed by atoms with E-state index in [1.54, 1.807) is 11.3 Å². The van der Waals surface area contributed by atoms with Crippen LogP contribution >= 0.6 is 23.1 Å². The molecule has 29 heavy (non-hydrogen) atoms. The highest BCUT2D eigenvalue weighted by Crippen LogP contribution is 2.34. The number of aromatic nitrogens is 2. The zero-order valence-electron chi connectivity index (χ0n) is 16.9. The summed E-state index contributed by atoms with van der Waals surface area (Å²) < 4.78 is 0. The highest BCUT2D eigenvalue weighted by Gasteiger charge is 2.21. The number of carbonyl (C=O) groups excluding carboxylic acids is 1. The predicted molar refractivity (Wildman–Crippen MR) is 121 cm³/mol. The van der Waals surface area contributed by atoms with Gasteiger partial charge >= 0.3 is 0 Å². The predicted octanol–water partition coefficient (Wildman–Crippen LogP) is 4.20. The number of thiophene rings is 1. The topological polar surface area (TPSA) is 74.8 Å². The van der Waals surface area contributed by atoms with Crippen LogP contribution < -0.4 is 10.9 Å². The van der Waals surface area contributed by atoms with Crippen LogP contribution in [0.4, 0.5) is 0 Å². The zero-order chi connectivity index (χ0) is 20.5. The van der Waals surface area contributed by atoms with Crippen molar-refractivity contribution in [2.24, 2.45) is 0 Å². The van der Waals surface area contributed by atoms with Gasteiger partial charge in [0.25, 0.3) is 5.56 Å². The Morgan fingerprint density at radius 2 is 2.17 bits per heavy atom. The Hall–Kier alpha value is -2.12. The van der Waals surface area contributed by atoms with Crippen molar-refractivity contribution in [3.8, 4) is 0 Å². The number of benzene rings is 1. The van der Waals surface area contributed by atoms with Gasteiger partial charge in [-0.05, 0) is 56.7 Å². The SMILES string of the molecule is Cc1ccc(C)c(C(C)NC(=O)CSCc2nc3sc4c(c3c(=O)[nH]2)CCC4)c1. The number of H-pyrrole nitrogens is 1. The van der Waals surface area contributed by atoms with Crippen LogP contribution in [0.15, 0.2) is 23.0 Å². The fourth-order valence-corrected chi connectivity index (χ4v) is 5.92. The lowest BCUT2D eigenvalue weighted by atomic mass is 10.00. The zero-order valence-corrected chi connectivity index (χ0v) is 18.6. The minimum absolute atomic E-state index is 0.0121. The van der Waals surface area contributed by atoms with E-state index in [1.807, 2.05) is 6.92 Å². The van der Waals surface area contributed by atoms with Crippen LogP contribution in [0, 0.1) is 13.8 Å². The summed E-state index contributed by atoms with van der Waals surface area (Å²) in [5.41, 5.74) is 4.65. The molecule has 1 atom stereocenters. The second-order valence-corrected chi connectivity index (χ2v) is 9.76. The first-order valence-electron chi connectivity index (χ1n) is 9.90. The number of aryl methyl sites for hydroxylation is 4. The minimum atomic E-state index is -0.0435. The Morgan fingerprint density at radius 1 is 1.34 bits per heavy atom. The molecule has 152 valence electrons. The molecule has 7 heteroatoms. The second kappa shape index (κ2) is 8.32. The van der Waals surface area contributed by atoms with Crippen molar-refractivity contribution in [3.63, 3.8) is 0 Å². The van der Waals surface area contributed by atoms with E-state index in [-0.39, 0.29) is 17.5 Å². The Labute approximate surface area is 178 Å². The molecule has 2 aromatic heterocycles. The van der Waals surface area contributed by atoms with Crippen LogP contribution in [0.2, 0.25) is 0 Å². The van der Waals surface area contributed by atoms with Crippen molar-refractivity contribution in [1.29, 1.82) is 0 Å². The van der Waals surface area contributed by atoms with E-state index in [2.05, 4.69) is 47.3 Å². The summed E-state index contributed by atoms with van der Waals surface area (Å²) in [6, 6.07) is 6.25. The third-order valence-corrected chi connectivity index (χ3v) is 7.50. The summed E-state index contributed by atoms with van der Waals surface area (Å²) in [5.74, 6) is 1.47. The van der Waals surface area contributed by atoms with Crippen molar-refractivity contribution < 1.29 is 4.79 Å². The molecule has 0 bridgehead atoms. The molecular weight excluding hydrogens is 402 g/mol. The van der Waals surface area contributed by atoms with E-state index in [4.69, 9.17) is 0 Å². The van der Waals surface area contributed by atoms with Gasteiger partial charge in [-0.15, -0.1) is 23.1 Å². The lowest BCUT2D eigenvalue weighted by molar-refractivity contribution is -0.119. The van der Waals surface area contributed by atoms with Crippen LogP contribution in [-0.2, 0) is 23.4 Å². The van der Waals surface area contributed by atoms with E-state index in [9.17, 15) is 9.59 Å². The normalized spacial score (nSPS) is 14.2. The number of nitrogens with zero attached hydrogens (tertiary/aromatic N) is 1. The Bertz CT molecular complexity index is 1130. The Kier molecular flexibility index (Phi) is 5.79. The first-order valence-corrected chi connectivity index (χ1v) is 11.9. The number of nitrogens with one attached hydrogen (secondary N) is 2. The Balaban J connectivity index is 1.36. The van der Waals surface area contributed by atoms with E-state index < -0.39 is 0 Å². The van der Waals surface area contributed by atoms with Gasteiger partial charge in [0, 0.05) is 4.88 Å². The largest absolute Gasteiger partial charge is 0.349 e. The standard InChI is InChI=1S/C22H25N3O2S2/c1-12-7-8-13(2)16(9-12)14(3)23-19(26)11-28-10-18-24-21(27)20-15-5-4-6-17(15)29-22(20)25-18/h7-9,14H,4-6,10-11H2,1-3H3,(H,23,26)(H,24,25,27). The number of carbonyl (C=O) groups is 1. The van der Waals surface area contributed by atoms with Gasteiger partial charge in [0.2, 0.25) is 5.91 Å². The molecule has 1 aliphatic carbocycles. The highest BCUT2D eigenvalue weighted by molar-refractivity contribution is 7.99. The van der Waals surface area contributed by atoms with Gasteiger partial charge in [0.15, 0.2) is 0 Å². The highest BCUT2D eigenvalue weighted by atomic mass is 32.2. The maximum absolute atomic E-state index is 12.5. The number of rotatable bonds is 6. The van der Waals surface area contributed by atoms with Gasteiger partial charge in [-0.1, -0.05) is 23.8 Å². The number of aromatic amines is 1. The average Bonchev–Trinajstić information content (AvgIpc) is 3.24. The molecule has 0 spiro atoms. The van der Waals surface area contributed by atoms with Crippen molar-refractivity contribution in [1.82, 2.24) is 15.3 Å². The average molecular weight is 428 g/mol. The number of amides is 1. The molecule has 1 aliphatic rings. The van der Waals surface area contributed by atoms with E-state index in [0.717, 1.165) is 35.0 Å². The lowest BCUT2D eigenvalue weighted by Crippen LogP contribution is -2.28. The fourth-order valence-electron chi connectivity index (χ4n) is 3.94. The van der Waals surface area contributed by atoms with Gasteiger partial charge in [0.05, 0.1) is 22.9 Å². The van der Waals surface area contributed by atoms with Crippen molar-refractivity contribution in [2.45, 2.75) is 51.8 Å². The summed E-state index contributed by atoms with van der Waals surface area (Å²) in [6.07, 6.45) is 3.16. The molecular formula is C22H25N3O2S2. The molecule has 0 saturated carbocycles. The molecule has 0 aliphatic heterocycles. The fraction of sp³-hybridized carbons (Fsp3) is 0.409. The summed E-state index contributed by atoms with van der Waals surface area (Å²) in [7, 11) is 0.